The Balaban J connectivity index is 1.42. The lowest BCUT2D eigenvalue weighted by Crippen LogP contribution is -2.32. The fraction of sp³-hybridized carbons (Fsp3) is 0.458. The zero-order valence-corrected chi connectivity index (χ0v) is 18.5. The lowest BCUT2D eigenvalue weighted by Gasteiger charge is -2.32. The summed E-state index contributed by atoms with van der Waals surface area (Å²) >= 11 is 1.63. The Hall–Kier alpha value is -2.14. The Morgan fingerprint density at radius 1 is 1.14 bits per heavy atom. The first-order valence-electron chi connectivity index (χ1n) is 10.4. The van der Waals surface area contributed by atoms with Crippen LogP contribution < -0.4 is 15.0 Å². The number of nitrogens with zero attached hydrogens (tertiary/aromatic N) is 1. The van der Waals surface area contributed by atoms with E-state index < -0.39 is 0 Å². The summed E-state index contributed by atoms with van der Waals surface area (Å²) in [6.45, 7) is 6.65. The van der Waals surface area contributed by atoms with Crippen LogP contribution in [0.25, 0.3) is 0 Å². The van der Waals surface area contributed by atoms with Gasteiger partial charge in [0.05, 0.1) is 18.9 Å². The summed E-state index contributed by atoms with van der Waals surface area (Å²) in [5.41, 5.74) is 3.63. The normalized spacial score (nSPS) is 15.8. The predicted molar refractivity (Wildman–Crippen MR) is 123 cm³/mol. The minimum absolute atomic E-state index is 0.0134. The summed E-state index contributed by atoms with van der Waals surface area (Å²) < 4.78 is 5.17. The van der Waals surface area contributed by atoms with Crippen molar-refractivity contribution in [3.8, 4) is 5.75 Å². The Kier molecular flexibility index (Phi) is 7.87. The fourth-order valence-corrected chi connectivity index (χ4v) is 4.39. The van der Waals surface area contributed by atoms with Gasteiger partial charge in [-0.05, 0) is 61.1 Å². The molecule has 0 radical (unpaired) electrons. The van der Waals surface area contributed by atoms with Gasteiger partial charge >= 0.3 is 0 Å². The highest BCUT2D eigenvalue weighted by Crippen LogP contribution is 2.24. The van der Waals surface area contributed by atoms with Crippen LogP contribution in [0.3, 0.4) is 0 Å². The van der Waals surface area contributed by atoms with Crippen molar-refractivity contribution in [3.63, 3.8) is 0 Å². The Morgan fingerprint density at radius 2 is 1.79 bits per heavy atom. The van der Waals surface area contributed by atoms with Crippen molar-refractivity contribution in [2.75, 3.05) is 30.9 Å². The van der Waals surface area contributed by atoms with Crippen LogP contribution in [0.4, 0.5) is 5.69 Å². The molecule has 1 unspecified atom stereocenters. The van der Waals surface area contributed by atoms with Gasteiger partial charge < -0.3 is 15.0 Å². The lowest BCUT2D eigenvalue weighted by atomic mass is 9.98. The molecule has 1 aliphatic rings. The summed E-state index contributed by atoms with van der Waals surface area (Å²) in [7, 11) is 1.66. The molecule has 5 heteroatoms. The molecule has 29 heavy (non-hydrogen) atoms. The number of ether oxygens (including phenoxy) is 1. The summed E-state index contributed by atoms with van der Waals surface area (Å²) in [6.07, 6.45) is 2.53. The van der Waals surface area contributed by atoms with Crippen LogP contribution in [-0.4, -0.2) is 31.9 Å². The molecule has 1 aliphatic heterocycles. The maximum atomic E-state index is 12.3. The maximum absolute atomic E-state index is 12.3. The number of hydrogen-bond acceptors (Lipinski definition) is 4. The molecule has 1 heterocycles. The van der Waals surface area contributed by atoms with E-state index in [4.69, 9.17) is 4.74 Å². The molecule has 1 N–H and O–H groups in total. The van der Waals surface area contributed by atoms with E-state index in [1.54, 1.807) is 18.9 Å². The molecule has 1 fully saturated rings. The average molecular weight is 413 g/mol. The van der Waals surface area contributed by atoms with Gasteiger partial charge in [-0.1, -0.05) is 31.2 Å². The summed E-state index contributed by atoms with van der Waals surface area (Å²) in [4.78, 5) is 14.8. The number of hydrogen-bond donors (Lipinski definition) is 1. The molecule has 0 spiro atoms. The number of amides is 1. The second-order valence-corrected chi connectivity index (χ2v) is 8.88. The Morgan fingerprint density at radius 3 is 2.41 bits per heavy atom. The Bertz CT molecular complexity index is 768. The lowest BCUT2D eigenvalue weighted by molar-refractivity contribution is -0.119. The first kappa shape index (κ1) is 21.6. The molecule has 1 amide bonds. The second-order valence-electron chi connectivity index (χ2n) is 7.89. The quantitative estimate of drug-likeness (QED) is 0.659. The number of anilines is 1. The number of benzene rings is 2. The third kappa shape index (κ3) is 6.43. The molecule has 0 bridgehead atoms. The molecule has 4 nitrogen and oxygen atoms in total. The maximum Gasteiger partial charge on any atom is 0.230 e. The number of methoxy groups -OCH3 is 1. The second kappa shape index (κ2) is 10.6. The minimum Gasteiger partial charge on any atom is -0.497 e. The van der Waals surface area contributed by atoms with Crippen LogP contribution >= 0.6 is 11.8 Å². The molecule has 0 aliphatic carbocycles. The zero-order valence-electron chi connectivity index (χ0n) is 17.7. The average Bonchev–Trinajstić information content (AvgIpc) is 2.75. The third-order valence-corrected chi connectivity index (χ3v) is 6.58. The van der Waals surface area contributed by atoms with Crippen molar-refractivity contribution in [1.82, 2.24) is 5.32 Å². The first-order valence-corrected chi connectivity index (χ1v) is 11.6. The summed E-state index contributed by atoms with van der Waals surface area (Å²) in [6, 6.07) is 16.6. The van der Waals surface area contributed by atoms with E-state index in [1.807, 2.05) is 31.2 Å². The molecule has 0 aromatic heterocycles. The molecule has 2 aromatic carbocycles. The summed E-state index contributed by atoms with van der Waals surface area (Å²) in [5.74, 6) is 3.04. The standard InChI is InChI=1S/C24H32N2O2S/c1-18-12-14-26(15-13-18)22-8-6-21(7-9-22)19(2)25-24(27)17-29-16-20-4-10-23(28-3)11-5-20/h4-11,18-19H,12-17H2,1-3H3,(H,25,27). The number of piperidine rings is 1. The van der Waals surface area contributed by atoms with Crippen LogP contribution in [0.15, 0.2) is 48.5 Å². The predicted octanol–water partition coefficient (Wildman–Crippen LogP) is 5.04. The van der Waals surface area contributed by atoms with Crippen LogP contribution in [0.1, 0.15) is 43.9 Å². The van der Waals surface area contributed by atoms with Gasteiger partial charge in [-0.25, -0.2) is 0 Å². The molecule has 156 valence electrons. The first-order chi connectivity index (χ1) is 14.0. The fourth-order valence-electron chi connectivity index (χ4n) is 3.59. The smallest absolute Gasteiger partial charge is 0.230 e. The van der Waals surface area contributed by atoms with Crippen molar-refractivity contribution in [3.05, 3.63) is 59.7 Å². The van der Waals surface area contributed by atoms with E-state index in [0.717, 1.165) is 36.1 Å². The number of thioether (sulfide) groups is 1. The largest absolute Gasteiger partial charge is 0.497 e. The van der Waals surface area contributed by atoms with Gasteiger partial charge in [0.25, 0.3) is 0 Å². The zero-order chi connectivity index (χ0) is 20.6. The molecular formula is C24H32N2O2S. The number of nitrogens with one attached hydrogen (secondary N) is 1. The van der Waals surface area contributed by atoms with E-state index >= 15 is 0 Å². The topological polar surface area (TPSA) is 41.6 Å². The summed E-state index contributed by atoms with van der Waals surface area (Å²) in [5, 5.41) is 3.11. The molecule has 3 rings (SSSR count). The van der Waals surface area contributed by atoms with Gasteiger partial charge in [-0.3, -0.25) is 4.79 Å². The van der Waals surface area contributed by atoms with E-state index in [-0.39, 0.29) is 11.9 Å². The third-order valence-electron chi connectivity index (χ3n) is 5.58. The van der Waals surface area contributed by atoms with Gasteiger partial charge in [0, 0.05) is 24.5 Å². The molecule has 1 atom stereocenters. The van der Waals surface area contributed by atoms with E-state index in [9.17, 15) is 4.79 Å². The number of carbonyl (C=O) groups excluding carboxylic acids is 1. The van der Waals surface area contributed by atoms with E-state index in [1.165, 1.54) is 24.1 Å². The van der Waals surface area contributed by atoms with Crippen LogP contribution in [0.5, 0.6) is 5.75 Å². The van der Waals surface area contributed by atoms with Crippen molar-refractivity contribution in [2.24, 2.45) is 5.92 Å². The van der Waals surface area contributed by atoms with Crippen molar-refractivity contribution >= 4 is 23.4 Å². The molecule has 1 saturated heterocycles. The highest BCUT2D eigenvalue weighted by Gasteiger charge is 2.16. The van der Waals surface area contributed by atoms with Crippen LogP contribution in [0, 0.1) is 5.92 Å². The van der Waals surface area contributed by atoms with E-state index in [0.29, 0.717) is 5.75 Å². The monoisotopic (exact) mass is 412 g/mol. The van der Waals surface area contributed by atoms with Gasteiger partial charge in [0.1, 0.15) is 5.75 Å². The number of carbonyl (C=O) groups is 1. The molecule has 2 aromatic rings. The SMILES string of the molecule is COc1ccc(CSCC(=O)NC(C)c2ccc(N3CCC(C)CC3)cc2)cc1. The van der Waals surface area contributed by atoms with Crippen LogP contribution in [-0.2, 0) is 10.5 Å². The highest BCUT2D eigenvalue weighted by atomic mass is 32.2. The Labute approximate surface area is 179 Å². The number of rotatable bonds is 8. The van der Waals surface area contributed by atoms with Gasteiger partial charge in [0.15, 0.2) is 0 Å². The highest BCUT2D eigenvalue weighted by molar-refractivity contribution is 7.99. The van der Waals surface area contributed by atoms with Crippen molar-refractivity contribution in [1.29, 1.82) is 0 Å². The van der Waals surface area contributed by atoms with Gasteiger partial charge in [-0.2, -0.15) is 0 Å². The van der Waals surface area contributed by atoms with Gasteiger partial charge in [-0.15, -0.1) is 11.8 Å². The van der Waals surface area contributed by atoms with Crippen molar-refractivity contribution in [2.45, 2.75) is 38.5 Å². The van der Waals surface area contributed by atoms with Gasteiger partial charge in [0.2, 0.25) is 5.91 Å². The van der Waals surface area contributed by atoms with E-state index in [2.05, 4.69) is 41.4 Å². The minimum atomic E-state index is 0.0134. The molecular weight excluding hydrogens is 380 g/mol. The van der Waals surface area contributed by atoms with Crippen molar-refractivity contribution < 1.29 is 9.53 Å². The molecule has 0 saturated carbocycles. The van der Waals surface area contributed by atoms with Crippen LogP contribution in [0.2, 0.25) is 0 Å².